The Morgan fingerprint density at radius 3 is 2.35 bits per heavy atom. The lowest BCUT2D eigenvalue weighted by molar-refractivity contribution is 0.0951. The lowest BCUT2D eigenvalue weighted by Gasteiger charge is -2.08. The van der Waals surface area contributed by atoms with E-state index in [2.05, 4.69) is 15.0 Å². The first-order valence-electron chi connectivity index (χ1n) is 7.34. The number of hydrogen-bond donors (Lipinski definition) is 2. The van der Waals surface area contributed by atoms with Gasteiger partial charge in [0.15, 0.2) is 0 Å². The van der Waals surface area contributed by atoms with E-state index in [0.29, 0.717) is 12.1 Å². The molecule has 0 radical (unpaired) electrons. The molecule has 1 heterocycles. The van der Waals surface area contributed by atoms with Gasteiger partial charge in [0, 0.05) is 30.5 Å². The van der Waals surface area contributed by atoms with Gasteiger partial charge in [0.05, 0.1) is 4.90 Å². The zero-order valence-corrected chi connectivity index (χ0v) is 13.2. The molecule has 0 atom stereocenters. The Labute approximate surface area is 135 Å². The van der Waals surface area contributed by atoms with Gasteiger partial charge in [-0.15, -0.1) is 0 Å². The third-order valence-corrected chi connectivity index (χ3v) is 5.06. The van der Waals surface area contributed by atoms with Gasteiger partial charge in [-0.05, 0) is 54.8 Å². The van der Waals surface area contributed by atoms with Gasteiger partial charge >= 0.3 is 0 Å². The fourth-order valence-electron chi connectivity index (χ4n) is 2.06. The number of aromatic nitrogens is 1. The van der Waals surface area contributed by atoms with Crippen LogP contribution in [0.15, 0.2) is 53.7 Å². The highest BCUT2D eigenvalue weighted by Crippen LogP contribution is 2.22. The predicted molar refractivity (Wildman–Crippen MR) is 85.2 cm³/mol. The summed E-state index contributed by atoms with van der Waals surface area (Å²) >= 11 is 0. The Kier molecular flexibility index (Phi) is 4.40. The normalized spacial score (nSPS) is 14.4. The second-order valence-electron chi connectivity index (χ2n) is 5.46. The number of rotatable bonds is 6. The van der Waals surface area contributed by atoms with Crippen molar-refractivity contribution in [1.29, 1.82) is 0 Å². The van der Waals surface area contributed by atoms with E-state index in [9.17, 15) is 13.2 Å². The standard InChI is InChI=1S/C16H17N3O3S/c20-16(18-11-12-7-9-17-10-8-12)13-1-5-15(6-2-13)23(21,22)19-14-3-4-14/h1-2,5-10,14,19H,3-4,11H2,(H,18,20). The van der Waals surface area contributed by atoms with Crippen LogP contribution in [0.25, 0.3) is 0 Å². The fourth-order valence-corrected chi connectivity index (χ4v) is 3.36. The first-order chi connectivity index (χ1) is 11.0. The van der Waals surface area contributed by atoms with Crippen molar-refractivity contribution in [2.24, 2.45) is 0 Å². The van der Waals surface area contributed by atoms with Crippen LogP contribution in [0.1, 0.15) is 28.8 Å². The van der Waals surface area contributed by atoms with E-state index >= 15 is 0 Å². The molecule has 120 valence electrons. The molecule has 1 amide bonds. The van der Waals surface area contributed by atoms with Gasteiger partial charge < -0.3 is 5.32 Å². The van der Waals surface area contributed by atoms with Crippen molar-refractivity contribution < 1.29 is 13.2 Å². The lowest BCUT2D eigenvalue weighted by Crippen LogP contribution is -2.26. The Morgan fingerprint density at radius 1 is 1.09 bits per heavy atom. The summed E-state index contributed by atoms with van der Waals surface area (Å²) in [4.78, 5) is 16.2. The maximum atomic E-state index is 12.1. The molecule has 1 aromatic carbocycles. The van der Waals surface area contributed by atoms with Crippen LogP contribution in [0, 0.1) is 0 Å². The first-order valence-corrected chi connectivity index (χ1v) is 8.82. The molecule has 0 unspecified atom stereocenters. The van der Waals surface area contributed by atoms with Crippen molar-refractivity contribution in [2.75, 3.05) is 0 Å². The third kappa shape index (κ3) is 4.14. The molecule has 0 saturated heterocycles. The van der Waals surface area contributed by atoms with Crippen LogP contribution in [0.4, 0.5) is 0 Å². The number of benzene rings is 1. The maximum Gasteiger partial charge on any atom is 0.251 e. The van der Waals surface area contributed by atoms with E-state index in [1.165, 1.54) is 24.3 Å². The second-order valence-corrected chi connectivity index (χ2v) is 7.17. The van der Waals surface area contributed by atoms with Crippen molar-refractivity contribution in [1.82, 2.24) is 15.0 Å². The van der Waals surface area contributed by atoms with Gasteiger partial charge in [-0.25, -0.2) is 13.1 Å². The maximum absolute atomic E-state index is 12.1. The van der Waals surface area contributed by atoms with E-state index in [4.69, 9.17) is 0 Å². The number of hydrogen-bond acceptors (Lipinski definition) is 4. The number of sulfonamides is 1. The van der Waals surface area contributed by atoms with Crippen molar-refractivity contribution in [3.63, 3.8) is 0 Å². The summed E-state index contributed by atoms with van der Waals surface area (Å²) < 4.78 is 26.7. The predicted octanol–water partition coefficient (Wildman–Crippen LogP) is 1.45. The van der Waals surface area contributed by atoms with Crippen molar-refractivity contribution in [3.8, 4) is 0 Å². The summed E-state index contributed by atoms with van der Waals surface area (Å²) in [5.74, 6) is -0.249. The summed E-state index contributed by atoms with van der Waals surface area (Å²) in [5, 5.41) is 2.78. The van der Waals surface area contributed by atoms with Crippen LogP contribution >= 0.6 is 0 Å². The smallest absolute Gasteiger partial charge is 0.251 e. The molecule has 1 saturated carbocycles. The minimum atomic E-state index is -3.48. The Balaban J connectivity index is 1.63. The monoisotopic (exact) mass is 331 g/mol. The minimum absolute atomic E-state index is 0.0586. The lowest BCUT2D eigenvalue weighted by atomic mass is 10.2. The molecular formula is C16H17N3O3S. The molecular weight excluding hydrogens is 314 g/mol. The van der Waals surface area contributed by atoms with Crippen molar-refractivity contribution in [3.05, 3.63) is 59.9 Å². The average Bonchev–Trinajstić information content (AvgIpc) is 3.37. The average molecular weight is 331 g/mol. The third-order valence-electron chi connectivity index (χ3n) is 3.53. The summed E-state index contributed by atoms with van der Waals surface area (Å²) in [7, 11) is -3.48. The first kappa shape index (κ1) is 15.6. The highest BCUT2D eigenvalue weighted by atomic mass is 32.2. The number of pyridine rings is 1. The molecule has 0 spiro atoms. The summed E-state index contributed by atoms with van der Waals surface area (Å²) in [6, 6.07) is 9.63. The molecule has 1 aromatic heterocycles. The molecule has 23 heavy (non-hydrogen) atoms. The van der Waals surface area contributed by atoms with E-state index in [1.54, 1.807) is 12.4 Å². The SMILES string of the molecule is O=C(NCc1ccncc1)c1ccc(S(=O)(=O)NC2CC2)cc1. The number of carbonyl (C=O) groups excluding carboxylic acids is 1. The molecule has 2 N–H and O–H groups in total. The van der Waals surface area contributed by atoms with Gasteiger partial charge in [0.25, 0.3) is 5.91 Å². The number of nitrogens with zero attached hydrogens (tertiary/aromatic N) is 1. The highest BCUT2D eigenvalue weighted by Gasteiger charge is 2.27. The fraction of sp³-hybridized carbons (Fsp3) is 0.250. The van der Waals surface area contributed by atoms with Crippen LogP contribution in [-0.4, -0.2) is 25.4 Å². The van der Waals surface area contributed by atoms with Crippen molar-refractivity contribution in [2.45, 2.75) is 30.3 Å². The molecule has 1 aliphatic carbocycles. The number of nitrogens with one attached hydrogen (secondary N) is 2. The van der Waals surface area contributed by atoms with E-state index in [-0.39, 0.29) is 16.8 Å². The second kappa shape index (κ2) is 6.47. The molecule has 3 rings (SSSR count). The van der Waals surface area contributed by atoms with Crippen LogP contribution in [0.3, 0.4) is 0 Å². The Morgan fingerprint density at radius 2 is 1.74 bits per heavy atom. The molecule has 1 aliphatic rings. The zero-order chi connectivity index (χ0) is 16.3. The molecule has 1 fully saturated rings. The highest BCUT2D eigenvalue weighted by molar-refractivity contribution is 7.89. The molecule has 6 nitrogen and oxygen atoms in total. The van der Waals surface area contributed by atoms with Crippen molar-refractivity contribution >= 4 is 15.9 Å². The van der Waals surface area contributed by atoms with E-state index in [1.807, 2.05) is 12.1 Å². The van der Waals surface area contributed by atoms with Crippen LogP contribution in [-0.2, 0) is 16.6 Å². The zero-order valence-electron chi connectivity index (χ0n) is 12.4. The van der Waals surface area contributed by atoms with Crippen LogP contribution < -0.4 is 10.0 Å². The van der Waals surface area contributed by atoms with Gasteiger partial charge in [-0.2, -0.15) is 0 Å². The van der Waals surface area contributed by atoms with Gasteiger partial charge in [0.2, 0.25) is 10.0 Å². The number of carbonyl (C=O) groups is 1. The molecule has 0 aliphatic heterocycles. The molecule has 0 bridgehead atoms. The van der Waals surface area contributed by atoms with Gasteiger partial charge in [0.1, 0.15) is 0 Å². The molecule has 7 heteroatoms. The molecule has 2 aromatic rings. The van der Waals surface area contributed by atoms with Crippen LogP contribution in [0.2, 0.25) is 0 Å². The summed E-state index contributed by atoms with van der Waals surface area (Å²) in [6.45, 7) is 0.393. The number of amides is 1. The minimum Gasteiger partial charge on any atom is -0.348 e. The van der Waals surface area contributed by atoms with Crippen LogP contribution in [0.5, 0.6) is 0 Å². The van der Waals surface area contributed by atoms with Gasteiger partial charge in [-0.1, -0.05) is 0 Å². The van der Waals surface area contributed by atoms with E-state index in [0.717, 1.165) is 18.4 Å². The topological polar surface area (TPSA) is 88.2 Å². The Hall–Kier alpha value is -2.25. The summed E-state index contributed by atoms with van der Waals surface area (Å²) in [6.07, 6.45) is 5.09. The van der Waals surface area contributed by atoms with E-state index < -0.39 is 10.0 Å². The largest absolute Gasteiger partial charge is 0.348 e. The van der Waals surface area contributed by atoms with Gasteiger partial charge in [-0.3, -0.25) is 9.78 Å². The quantitative estimate of drug-likeness (QED) is 0.838. The summed E-state index contributed by atoms with van der Waals surface area (Å²) in [5.41, 5.74) is 1.37. The Bertz CT molecular complexity index is 785.